The van der Waals surface area contributed by atoms with E-state index in [0.717, 1.165) is 136 Å². The van der Waals surface area contributed by atoms with E-state index in [1.54, 1.807) is 89.1 Å². The van der Waals surface area contributed by atoms with Gasteiger partial charge in [0.1, 0.15) is 82.8 Å². The SMILES string of the molecule is COC(=O)c1cccc(CBr)c1.COC(=O)c1cccc(COc2ccc(Br)c(CBr)c2)c1.COC(=O)c1cccc(COc2ccc(Br)c(COc3cccc(COC(c4ccccc4)(c4ccc(OC)cc4)c4ccc(OC)cc4)c3)c2)c1.COc1ccc(C(OCc2cccc(O)c2)(c2ccccc2)c2ccc(OC)cc2)cc1.Oc1ccc(Br)c(CBr)c1. The van der Waals surface area contributed by atoms with Crippen LogP contribution in [0.3, 0.4) is 0 Å². The highest BCUT2D eigenvalue weighted by atomic mass is 79.9. The molecule has 17 nitrogen and oxygen atoms in total. The smallest absolute Gasteiger partial charge is 0.337 e. The summed E-state index contributed by atoms with van der Waals surface area (Å²) in [5.74, 6) is 4.75. The van der Waals surface area contributed by atoms with E-state index in [-0.39, 0.29) is 23.7 Å². The molecule has 0 saturated heterocycles. The molecule has 0 aliphatic heterocycles. The molecule has 0 unspecified atom stereocenters. The number of carbonyl (C=O) groups is 3. The summed E-state index contributed by atoms with van der Waals surface area (Å²) >= 11 is 20.5. The standard InChI is InChI=1S/C44H39BrO7.C28H26O4.C16H14Br2O3.C9H9BrO2.C7H6Br2O/c1-47-38-19-15-36(16-20-38)44(35-12-5-4-6-13-35,37-17-21-39(48-2)22-18-37)52-29-32-10-8-14-40(26-32)51-30-34-27-41(23-24-42(34)45)50-28-31-9-7-11-33(25-31)43(46)49-3;1-30-26-15-11-23(12-16-26)28(22-8-4-3-5-9-22,24-13-17-27(31-2)18-14-24)32-20-21-7-6-10-25(29)19-21;1-20-16(19)12-4-2-3-11(7-12)10-21-14-5-6-15(18)13(8-14)9-17;1-12-9(11)8-4-2-3-7(5-8)6-10;8-4-5-3-6(10)1-2-7(5)9/h4-27H,28-30H2,1-3H3;3-19,29H,20H2,1-2H3;2-8H,9-10H2,1H3;2-5H,6H2,1H3;1-3,10H,4H2. The molecular weight excluding hydrogens is 2000 g/mol. The zero-order chi connectivity index (χ0) is 90.5. The molecule has 654 valence electrons. The number of hydrogen-bond donors (Lipinski definition) is 2. The maximum absolute atomic E-state index is 11.9. The van der Waals surface area contributed by atoms with Crippen LogP contribution in [-0.4, -0.2) is 77.9 Å². The van der Waals surface area contributed by atoms with Crippen LogP contribution in [0.15, 0.2) is 347 Å². The van der Waals surface area contributed by atoms with Crippen LogP contribution in [0.1, 0.15) is 109 Å². The Morgan fingerprint density at radius 1 is 0.260 bits per heavy atom. The van der Waals surface area contributed by atoms with Gasteiger partial charge in [-0.15, -0.1) is 0 Å². The number of ether oxygens (including phenoxy) is 12. The Bertz CT molecular complexity index is 5730. The second-order valence-corrected chi connectivity index (χ2v) is 32.3. The minimum Gasteiger partial charge on any atom is -0.508 e. The average molecular weight is 2100 g/mol. The van der Waals surface area contributed by atoms with Gasteiger partial charge in [-0.25, -0.2) is 14.4 Å². The predicted molar refractivity (Wildman–Crippen MR) is 517 cm³/mol. The van der Waals surface area contributed by atoms with E-state index in [9.17, 15) is 19.5 Å². The van der Waals surface area contributed by atoms with Gasteiger partial charge in [-0.2, -0.15) is 0 Å². The summed E-state index contributed by atoms with van der Waals surface area (Å²) in [6, 6.07) is 106. The lowest BCUT2D eigenvalue weighted by molar-refractivity contribution is 0.0000437. The number of hydrogen-bond acceptors (Lipinski definition) is 17. The number of rotatable bonds is 31. The molecule has 0 aliphatic carbocycles. The minimum atomic E-state index is -0.942. The van der Waals surface area contributed by atoms with Crippen LogP contribution in [0.25, 0.3) is 0 Å². The van der Waals surface area contributed by atoms with Crippen molar-refractivity contribution in [3.63, 3.8) is 0 Å². The van der Waals surface area contributed by atoms with Crippen molar-refractivity contribution in [2.75, 3.05) is 49.8 Å². The molecule has 23 heteroatoms. The lowest BCUT2D eigenvalue weighted by atomic mass is 9.80. The summed E-state index contributed by atoms with van der Waals surface area (Å²) in [5, 5.41) is 21.2. The molecule has 0 atom stereocenters. The van der Waals surface area contributed by atoms with Gasteiger partial charge < -0.3 is 67.1 Å². The van der Waals surface area contributed by atoms with Crippen molar-refractivity contribution >= 4 is 113 Å². The average Bonchev–Trinajstić information content (AvgIpc) is 0.755. The summed E-state index contributed by atoms with van der Waals surface area (Å²) in [7, 11) is 10.7. The van der Waals surface area contributed by atoms with E-state index in [2.05, 4.69) is 125 Å². The van der Waals surface area contributed by atoms with Crippen LogP contribution in [0, 0.1) is 0 Å². The highest BCUT2D eigenvalue weighted by molar-refractivity contribution is 9.11. The van der Waals surface area contributed by atoms with E-state index >= 15 is 0 Å². The van der Waals surface area contributed by atoms with Crippen molar-refractivity contribution in [1.29, 1.82) is 0 Å². The van der Waals surface area contributed by atoms with Crippen molar-refractivity contribution in [2.45, 2.75) is 60.2 Å². The Hall–Kier alpha value is -11.5. The lowest BCUT2D eigenvalue weighted by Gasteiger charge is -2.36. The maximum atomic E-state index is 11.9. The number of benzene rings is 14. The number of esters is 3. The van der Waals surface area contributed by atoms with Gasteiger partial charge in [0.15, 0.2) is 0 Å². The van der Waals surface area contributed by atoms with Crippen LogP contribution in [0.4, 0.5) is 0 Å². The van der Waals surface area contributed by atoms with Crippen molar-refractivity contribution in [2.24, 2.45) is 0 Å². The Labute approximate surface area is 791 Å². The van der Waals surface area contributed by atoms with Gasteiger partial charge in [-0.05, 0) is 236 Å². The number of carbonyl (C=O) groups excluding carboxylic acids is 3. The first-order valence-electron chi connectivity index (χ1n) is 39.7. The number of phenolic OH excluding ortho intramolecular Hbond substituents is 2. The van der Waals surface area contributed by atoms with E-state index < -0.39 is 11.2 Å². The number of alkyl halides is 3. The molecule has 0 saturated carbocycles. The van der Waals surface area contributed by atoms with Crippen LogP contribution < -0.4 is 33.2 Å². The third-order valence-electron chi connectivity index (χ3n) is 19.8. The van der Waals surface area contributed by atoms with Crippen molar-refractivity contribution in [1.82, 2.24) is 0 Å². The molecule has 0 heterocycles. The molecule has 127 heavy (non-hydrogen) atoms. The molecule has 0 bridgehead atoms. The van der Waals surface area contributed by atoms with Crippen molar-refractivity contribution < 1.29 is 81.4 Å². The largest absolute Gasteiger partial charge is 0.508 e. The summed E-state index contributed by atoms with van der Waals surface area (Å²) in [6.07, 6.45) is 0. The number of aromatic hydroxyl groups is 2. The molecule has 0 radical (unpaired) electrons. The third kappa shape index (κ3) is 27.7. The molecule has 14 aromatic rings. The first-order chi connectivity index (χ1) is 61.7. The predicted octanol–water partition coefficient (Wildman–Crippen LogP) is 26.0. The quantitative estimate of drug-likeness (QED) is 0.0180. The molecule has 0 fully saturated rings. The monoisotopic (exact) mass is 2090 g/mol. The van der Waals surface area contributed by atoms with Crippen LogP contribution in [0.5, 0.6) is 51.7 Å². The summed E-state index contributed by atoms with van der Waals surface area (Å²) in [5.41, 5.74) is 13.4. The van der Waals surface area contributed by atoms with Gasteiger partial charge in [0, 0.05) is 35.0 Å². The zero-order valence-corrected chi connectivity index (χ0v) is 80.2. The number of halogens is 6. The molecule has 0 aromatic heterocycles. The summed E-state index contributed by atoms with van der Waals surface area (Å²) in [6.45, 7) is 1.61. The molecular formula is C104H94Br6O17. The Morgan fingerprint density at radius 3 is 0.929 bits per heavy atom. The Kier molecular flexibility index (Phi) is 38.6. The summed E-state index contributed by atoms with van der Waals surface area (Å²) < 4.78 is 70.8. The second kappa shape index (κ2) is 50.1. The topological polar surface area (TPSA) is 202 Å². The summed E-state index contributed by atoms with van der Waals surface area (Å²) in [4.78, 5) is 34.5. The number of phenols is 2. The fraction of sp³-hybridized carbons (Fsp3) is 0.163. The third-order valence-corrected chi connectivity index (χ3v) is 24.0. The zero-order valence-electron chi connectivity index (χ0n) is 70.7. The highest BCUT2D eigenvalue weighted by Crippen LogP contribution is 2.45. The van der Waals surface area contributed by atoms with Gasteiger partial charge in [-0.3, -0.25) is 0 Å². The van der Waals surface area contributed by atoms with E-state index in [1.165, 1.54) is 21.3 Å². The molecule has 0 amide bonds. The first kappa shape index (κ1) is 97.7. The molecule has 2 N–H and O–H groups in total. The van der Waals surface area contributed by atoms with Gasteiger partial charge in [0.05, 0.1) is 79.7 Å². The minimum absolute atomic E-state index is 0.213. The lowest BCUT2D eigenvalue weighted by Crippen LogP contribution is -2.32. The molecule has 0 spiro atoms. The fourth-order valence-corrected chi connectivity index (χ4v) is 16.4. The number of methoxy groups -OCH3 is 7. The van der Waals surface area contributed by atoms with E-state index in [0.29, 0.717) is 67.0 Å². The maximum Gasteiger partial charge on any atom is 0.337 e. The van der Waals surface area contributed by atoms with Gasteiger partial charge >= 0.3 is 17.9 Å². The van der Waals surface area contributed by atoms with Gasteiger partial charge in [0.25, 0.3) is 0 Å². The van der Waals surface area contributed by atoms with Crippen LogP contribution in [-0.2, 0) is 83.9 Å². The van der Waals surface area contributed by atoms with E-state index in [1.807, 2.05) is 249 Å². The highest BCUT2D eigenvalue weighted by Gasteiger charge is 2.40. The van der Waals surface area contributed by atoms with Crippen LogP contribution >= 0.6 is 95.6 Å². The first-order valence-corrected chi connectivity index (χ1v) is 45.4. The Balaban J connectivity index is 0.000000189. The second-order valence-electron chi connectivity index (χ2n) is 28.0. The molecule has 14 rings (SSSR count). The van der Waals surface area contributed by atoms with E-state index in [4.69, 9.17) is 57.2 Å². The van der Waals surface area contributed by atoms with Crippen molar-refractivity contribution in [3.05, 3.63) is 442 Å². The fourth-order valence-electron chi connectivity index (χ4n) is 13.3. The van der Waals surface area contributed by atoms with Crippen molar-refractivity contribution in [3.8, 4) is 51.7 Å². The van der Waals surface area contributed by atoms with Gasteiger partial charge in [-0.1, -0.05) is 265 Å². The van der Waals surface area contributed by atoms with Gasteiger partial charge in [0.2, 0.25) is 0 Å². The normalized spacial score (nSPS) is 10.7. The molecule has 0 aliphatic rings. The van der Waals surface area contributed by atoms with Crippen LogP contribution in [0.2, 0.25) is 0 Å². The Morgan fingerprint density at radius 2 is 0.559 bits per heavy atom. The molecule has 14 aromatic carbocycles.